The third-order valence-electron chi connectivity index (χ3n) is 5.06. The van der Waals surface area contributed by atoms with Crippen molar-refractivity contribution >= 4 is 39.8 Å². The molecular weight excluding hydrogens is 370 g/mol. The molecular formula is C21H21N5O3. The molecule has 1 aromatic heterocycles. The molecule has 1 aliphatic heterocycles. The summed E-state index contributed by atoms with van der Waals surface area (Å²) in [7, 11) is 0. The van der Waals surface area contributed by atoms with Gasteiger partial charge in [0.1, 0.15) is 5.69 Å². The molecule has 0 aliphatic carbocycles. The molecule has 1 aliphatic rings. The third kappa shape index (κ3) is 3.91. The largest absolute Gasteiger partial charge is 0.465 e. The average molecular weight is 391 g/mol. The second kappa shape index (κ2) is 7.67. The normalized spacial score (nSPS) is 14.1. The van der Waals surface area contributed by atoms with Crippen molar-refractivity contribution in [1.29, 1.82) is 0 Å². The van der Waals surface area contributed by atoms with Gasteiger partial charge in [0, 0.05) is 43.4 Å². The molecule has 8 heteroatoms. The van der Waals surface area contributed by atoms with Crippen molar-refractivity contribution in [2.45, 2.75) is 0 Å². The highest BCUT2D eigenvalue weighted by atomic mass is 16.4. The van der Waals surface area contributed by atoms with Gasteiger partial charge >= 0.3 is 6.09 Å². The summed E-state index contributed by atoms with van der Waals surface area (Å²) in [6.07, 6.45) is 0.797. The predicted molar refractivity (Wildman–Crippen MR) is 112 cm³/mol. The Balaban J connectivity index is 1.51. The van der Waals surface area contributed by atoms with E-state index in [0.717, 1.165) is 16.5 Å². The van der Waals surface area contributed by atoms with Crippen LogP contribution in [0.5, 0.6) is 0 Å². The molecule has 29 heavy (non-hydrogen) atoms. The highest BCUT2D eigenvalue weighted by Gasteiger charge is 2.20. The first-order valence-corrected chi connectivity index (χ1v) is 9.30. The number of pyridine rings is 1. The molecule has 2 heterocycles. The van der Waals surface area contributed by atoms with Crippen molar-refractivity contribution in [3.05, 3.63) is 60.4 Å². The Morgan fingerprint density at radius 1 is 1.00 bits per heavy atom. The molecule has 0 bridgehead atoms. The number of fused-ring (bicyclic) bond motifs is 1. The number of carboxylic acid groups (broad SMARTS) is 1. The van der Waals surface area contributed by atoms with Gasteiger partial charge in [-0.15, -0.1) is 0 Å². The maximum atomic E-state index is 12.5. The highest BCUT2D eigenvalue weighted by Crippen LogP contribution is 2.24. The number of nitrogen functional groups attached to an aromatic ring is 1. The molecule has 2 aromatic carbocycles. The van der Waals surface area contributed by atoms with Crippen molar-refractivity contribution in [3.63, 3.8) is 0 Å². The first-order valence-electron chi connectivity index (χ1n) is 9.30. The Kier molecular flexibility index (Phi) is 4.90. The van der Waals surface area contributed by atoms with E-state index in [1.807, 2.05) is 18.2 Å². The van der Waals surface area contributed by atoms with Crippen molar-refractivity contribution in [2.24, 2.45) is 0 Å². The zero-order valence-corrected chi connectivity index (χ0v) is 15.7. The minimum absolute atomic E-state index is 0.309. The van der Waals surface area contributed by atoms with E-state index in [2.05, 4.69) is 15.2 Å². The number of benzene rings is 2. The summed E-state index contributed by atoms with van der Waals surface area (Å²) in [5, 5.41) is 13.7. The van der Waals surface area contributed by atoms with Gasteiger partial charge in [-0.3, -0.25) is 9.78 Å². The molecule has 4 rings (SSSR count). The molecule has 1 fully saturated rings. The second-order valence-corrected chi connectivity index (χ2v) is 6.90. The molecule has 0 spiro atoms. The summed E-state index contributed by atoms with van der Waals surface area (Å²) >= 11 is 0. The molecule has 8 nitrogen and oxygen atoms in total. The van der Waals surface area contributed by atoms with Crippen molar-refractivity contribution in [1.82, 2.24) is 9.88 Å². The van der Waals surface area contributed by atoms with Crippen LogP contribution in [0.15, 0.2) is 54.7 Å². The number of rotatable bonds is 3. The van der Waals surface area contributed by atoms with Crippen LogP contribution in [0.3, 0.4) is 0 Å². The van der Waals surface area contributed by atoms with Crippen LogP contribution in [0.4, 0.5) is 21.9 Å². The number of amides is 2. The van der Waals surface area contributed by atoms with E-state index in [9.17, 15) is 9.59 Å². The second-order valence-electron chi connectivity index (χ2n) is 6.90. The van der Waals surface area contributed by atoms with E-state index in [0.29, 0.717) is 43.2 Å². The number of carbonyl (C=O) groups excluding carboxylic acids is 1. The van der Waals surface area contributed by atoms with Gasteiger partial charge < -0.3 is 26.0 Å². The third-order valence-corrected chi connectivity index (χ3v) is 5.06. The van der Waals surface area contributed by atoms with E-state index >= 15 is 0 Å². The summed E-state index contributed by atoms with van der Waals surface area (Å²) < 4.78 is 0. The van der Waals surface area contributed by atoms with E-state index in [1.165, 1.54) is 4.90 Å². The van der Waals surface area contributed by atoms with Crippen LogP contribution in [0.25, 0.3) is 10.8 Å². The number of aromatic nitrogens is 1. The molecule has 148 valence electrons. The van der Waals surface area contributed by atoms with Gasteiger partial charge in [0.05, 0.1) is 11.4 Å². The first-order chi connectivity index (χ1) is 14.0. The topological polar surface area (TPSA) is 112 Å². The maximum absolute atomic E-state index is 12.5. The van der Waals surface area contributed by atoms with Crippen molar-refractivity contribution < 1.29 is 14.7 Å². The highest BCUT2D eigenvalue weighted by molar-refractivity contribution is 6.06. The average Bonchev–Trinajstić information content (AvgIpc) is 2.74. The number of para-hydroxylation sites is 2. The van der Waals surface area contributed by atoms with Crippen molar-refractivity contribution in [2.75, 3.05) is 42.1 Å². The van der Waals surface area contributed by atoms with E-state index in [1.54, 1.807) is 36.5 Å². The van der Waals surface area contributed by atoms with Crippen LogP contribution in [0.2, 0.25) is 0 Å². The Bertz CT molecular complexity index is 1080. The van der Waals surface area contributed by atoms with Crippen molar-refractivity contribution in [3.8, 4) is 0 Å². The summed E-state index contributed by atoms with van der Waals surface area (Å²) in [5.41, 5.74) is 8.24. The number of anilines is 3. The van der Waals surface area contributed by atoms with Gasteiger partial charge in [0.2, 0.25) is 0 Å². The summed E-state index contributed by atoms with van der Waals surface area (Å²) in [4.78, 5) is 31.4. The quantitative estimate of drug-likeness (QED) is 0.592. The Hall–Kier alpha value is -3.81. The zero-order chi connectivity index (χ0) is 20.4. The van der Waals surface area contributed by atoms with E-state index in [-0.39, 0.29) is 5.91 Å². The van der Waals surface area contributed by atoms with Crippen LogP contribution >= 0.6 is 0 Å². The molecule has 0 saturated carbocycles. The first kappa shape index (κ1) is 18.5. The molecule has 2 amide bonds. The van der Waals surface area contributed by atoms with Crippen LogP contribution in [-0.4, -0.2) is 53.2 Å². The van der Waals surface area contributed by atoms with E-state index < -0.39 is 6.09 Å². The lowest BCUT2D eigenvalue weighted by Gasteiger charge is -2.34. The fraction of sp³-hybridized carbons (Fsp3) is 0.190. The van der Waals surface area contributed by atoms with Gasteiger partial charge in [-0.05, 0) is 35.7 Å². The van der Waals surface area contributed by atoms with Crippen LogP contribution in [0.1, 0.15) is 10.5 Å². The number of hydrogen-bond donors (Lipinski definition) is 3. The fourth-order valence-corrected chi connectivity index (χ4v) is 3.40. The lowest BCUT2D eigenvalue weighted by Crippen LogP contribution is -2.48. The number of carbonyl (C=O) groups is 2. The maximum Gasteiger partial charge on any atom is 0.407 e. The van der Waals surface area contributed by atoms with Crippen LogP contribution in [0, 0.1) is 0 Å². The number of hydrogen-bond acceptors (Lipinski definition) is 5. The Morgan fingerprint density at radius 3 is 2.48 bits per heavy atom. The molecule has 4 N–H and O–H groups in total. The molecule has 0 unspecified atom stereocenters. The number of nitrogens with zero attached hydrogens (tertiary/aromatic N) is 3. The molecule has 1 saturated heterocycles. The number of nitrogens with two attached hydrogens (primary N) is 1. The SMILES string of the molecule is Nc1ccccc1NC(=O)c1cc2ccc(N3CCN(C(=O)O)CC3)cc2cn1. The lowest BCUT2D eigenvalue weighted by molar-refractivity contribution is 0.102. The van der Waals surface area contributed by atoms with E-state index in [4.69, 9.17) is 10.8 Å². The Labute approximate surface area is 167 Å². The Morgan fingerprint density at radius 2 is 1.76 bits per heavy atom. The zero-order valence-electron chi connectivity index (χ0n) is 15.7. The molecule has 0 radical (unpaired) electrons. The lowest BCUT2D eigenvalue weighted by atomic mass is 10.1. The fourth-order valence-electron chi connectivity index (χ4n) is 3.40. The standard InChI is InChI=1S/C21H21N5O3/c22-17-3-1-2-4-18(17)24-20(27)19-12-14-5-6-16(11-15(14)13-23-19)25-7-9-26(10-8-25)21(28)29/h1-6,11-13H,7-10,22H2,(H,24,27)(H,28,29). The summed E-state index contributed by atoms with van der Waals surface area (Å²) in [6.45, 7) is 2.25. The van der Waals surface area contributed by atoms with Gasteiger partial charge in [0.15, 0.2) is 0 Å². The monoisotopic (exact) mass is 391 g/mol. The number of piperazine rings is 1. The summed E-state index contributed by atoms with van der Waals surface area (Å²) in [5.74, 6) is -0.321. The van der Waals surface area contributed by atoms with Gasteiger partial charge in [-0.25, -0.2) is 4.79 Å². The number of nitrogens with one attached hydrogen (secondary N) is 1. The van der Waals surface area contributed by atoms with Gasteiger partial charge in [-0.1, -0.05) is 18.2 Å². The van der Waals surface area contributed by atoms with Gasteiger partial charge in [-0.2, -0.15) is 0 Å². The minimum Gasteiger partial charge on any atom is -0.465 e. The van der Waals surface area contributed by atoms with Crippen LogP contribution in [-0.2, 0) is 0 Å². The van der Waals surface area contributed by atoms with Gasteiger partial charge in [0.25, 0.3) is 5.91 Å². The smallest absolute Gasteiger partial charge is 0.407 e. The van der Waals surface area contributed by atoms with Crippen LogP contribution < -0.4 is 16.0 Å². The molecule has 0 atom stereocenters. The minimum atomic E-state index is -0.879. The predicted octanol–water partition coefficient (Wildman–Crippen LogP) is 2.87. The molecule has 3 aromatic rings. The summed E-state index contributed by atoms with van der Waals surface area (Å²) in [6, 6.07) is 14.8.